The standard InChI is InChI=1S/C19H22N2O6S/c1-19-8-7-16(23)21(19)14(11-28-19)18(25)27-10-15(22)20-9-12-3-5-13(6-4-12)17(24)26-2/h3-6,14H,7-11H2,1-2H3,(H,20,22)/t14-,19-/m1/s1. The molecule has 2 atom stereocenters. The number of carbonyl (C=O) groups excluding carboxylic acids is 4. The summed E-state index contributed by atoms with van der Waals surface area (Å²) in [5.41, 5.74) is 1.21. The summed E-state index contributed by atoms with van der Waals surface area (Å²) in [4.78, 5) is 49.0. The highest BCUT2D eigenvalue weighted by Crippen LogP contribution is 2.47. The Labute approximate surface area is 166 Å². The number of amides is 2. The summed E-state index contributed by atoms with van der Waals surface area (Å²) in [5, 5.41) is 2.65. The number of hydrogen-bond donors (Lipinski definition) is 1. The number of ether oxygens (including phenoxy) is 2. The Morgan fingerprint density at radius 2 is 2.00 bits per heavy atom. The van der Waals surface area contributed by atoms with Gasteiger partial charge in [0.25, 0.3) is 5.91 Å². The van der Waals surface area contributed by atoms with Crippen molar-refractivity contribution in [3.63, 3.8) is 0 Å². The van der Waals surface area contributed by atoms with Gasteiger partial charge in [-0.2, -0.15) is 0 Å². The molecule has 2 heterocycles. The first-order chi connectivity index (χ1) is 13.3. The van der Waals surface area contributed by atoms with E-state index in [1.54, 1.807) is 40.9 Å². The van der Waals surface area contributed by atoms with Gasteiger partial charge in [0.05, 0.1) is 17.5 Å². The van der Waals surface area contributed by atoms with E-state index in [-0.39, 0.29) is 17.3 Å². The van der Waals surface area contributed by atoms with Crippen LogP contribution in [0.15, 0.2) is 24.3 Å². The maximum Gasteiger partial charge on any atom is 0.337 e. The fourth-order valence-corrected chi connectivity index (χ4v) is 4.77. The second-order valence-corrected chi connectivity index (χ2v) is 8.34. The Kier molecular flexibility index (Phi) is 5.93. The van der Waals surface area contributed by atoms with Crippen molar-refractivity contribution in [2.24, 2.45) is 0 Å². The summed E-state index contributed by atoms with van der Waals surface area (Å²) in [6.45, 7) is 1.78. The molecule has 0 spiro atoms. The number of benzene rings is 1. The molecule has 150 valence electrons. The van der Waals surface area contributed by atoms with Crippen LogP contribution in [0, 0.1) is 0 Å². The van der Waals surface area contributed by atoms with Gasteiger partial charge in [-0.1, -0.05) is 12.1 Å². The van der Waals surface area contributed by atoms with E-state index in [1.807, 2.05) is 6.92 Å². The predicted octanol–water partition coefficient (Wildman–Crippen LogP) is 1.09. The minimum absolute atomic E-state index is 0.0469. The second kappa shape index (κ2) is 8.22. The zero-order valence-corrected chi connectivity index (χ0v) is 16.5. The molecule has 0 aliphatic carbocycles. The number of methoxy groups -OCH3 is 1. The van der Waals surface area contributed by atoms with Gasteiger partial charge in [-0.25, -0.2) is 9.59 Å². The number of nitrogens with zero attached hydrogens (tertiary/aromatic N) is 1. The number of esters is 2. The second-order valence-electron chi connectivity index (χ2n) is 6.84. The lowest BCUT2D eigenvalue weighted by atomic mass is 10.1. The lowest BCUT2D eigenvalue weighted by molar-refractivity contribution is -0.156. The van der Waals surface area contributed by atoms with Gasteiger partial charge in [0.1, 0.15) is 6.04 Å². The summed E-state index contributed by atoms with van der Waals surface area (Å²) >= 11 is 1.57. The third-order valence-electron chi connectivity index (χ3n) is 4.93. The van der Waals surface area contributed by atoms with Crippen LogP contribution in [-0.4, -0.2) is 59.0 Å². The normalized spacial score (nSPS) is 23.3. The molecule has 2 saturated heterocycles. The molecule has 0 radical (unpaired) electrons. The van der Waals surface area contributed by atoms with Crippen LogP contribution in [0.1, 0.15) is 35.7 Å². The lowest BCUT2D eigenvalue weighted by Crippen LogP contribution is -2.47. The summed E-state index contributed by atoms with van der Waals surface area (Å²) < 4.78 is 9.75. The molecule has 0 unspecified atom stereocenters. The van der Waals surface area contributed by atoms with E-state index in [4.69, 9.17) is 4.74 Å². The van der Waals surface area contributed by atoms with Gasteiger partial charge in [0.15, 0.2) is 6.61 Å². The van der Waals surface area contributed by atoms with Crippen molar-refractivity contribution < 1.29 is 28.7 Å². The molecular formula is C19H22N2O6S. The summed E-state index contributed by atoms with van der Waals surface area (Å²) in [6, 6.07) is 5.98. The number of carbonyl (C=O) groups is 4. The lowest BCUT2D eigenvalue weighted by Gasteiger charge is -2.29. The average Bonchev–Trinajstić information content (AvgIpc) is 3.20. The number of thioether (sulfide) groups is 1. The smallest absolute Gasteiger partial charge is 0.337 e. The van der Waals surface area contributed by atoms with E-state index in [0.717, 1.165) is 12.0 Å². The van der Waals surface area contributed by atoms with Gasteiger partial charge in [-0.05, 0) is 31.0 Å². The first kappa shape index (κ1) is 20.2. The van der Waals surface area contributed by atoms with Gasteiger partial charge in [0.2, 0.25) is 5.91 Å². The van der Waals surface area contributed by atoms with Crippen LogP contribution in [0.5, 0.6) is 0 Å². The molecule has 1 N–H and O–H groups in total. The third-order valence-corrected chi connectivity index (χ3v) is 6.43. The largest absolute Gasteiger partial charge is 0.465 e. The number of nitrogens with one attached hydrogen (secondary N) is 1. The fraction of sp³-hybridized carbons (Fsp3) is 0.474. The first-order valence-corrected chi connectivity index (χ1v) is 9.89. The SMILES string of the molecule is COC(=O)c1ccc(CNC(=O)COC(=O)[C@H]2CS[C@]3(C)CCC(=O)N23)cc1. The highest BCUT2D eigenvalue weighted by molar-refractivity contribution is 8.01. The van der Waals surface area contributed by atoms with E-state index in [1.165, 1.54) is 7.11 Å². The molecule has 1 aromatic rings. The zero-order chi connectivity index (χ0) is 20.3. The molecule has 1 aromatic carbocycles. The van der Waals surface area contributed by atoms with Crippen LogP contribution >= 0.6 is 11.8 Å². The van der Waals surface area contributed by atoms with E-state index in [9.17, 15) is 19.2 Å². The van der Waals surface area contributed by atoms with Crippen molar-refractivity contribution in [1.29, 1.82) is 0 Å². The molecule has 2 aliphatic heterocycles. The molecule has 2 aliphatic rings. The molecule has 0 saturated carbocycles. The Hall–Kier alpha value is -2.55. The Bertz CT molecular complexity index is 796. The predicted molar refractivity (Wildman–Crippen MR) is 101 cm³/mol. The van der Waals surface area contributed by atoms with Crippen molar-refractivity contribution >= 4 is 35.5 Å². The minimum Gasteiger partial charge on any atom is -0.465 e. The van der Waals surface area contributed by atoms with Crippen molar-refractivity contribution in [2.45, 2.75) is 37.2 Å². The summed E-state index contributed by atoms with van der Waals surface area (Å²) in [5.74, 6) is -0.986. The number of hydrogen-bond acceptors (Lipinski definition) is 7. The molecule has 28 heavy (non-hydrogen) atoms. The molecule has 2 fully saturated rings. The van der Waals surface area contributed by atoms with E-state index in [0.29, 0.717) is 17.7 Å². The summed E-state index contributed by atoms with van der Waals surface area (Å²) in [7, 11) is 1.31. The van der Waals surface area contributed by atoms with Crippen LogP contribution in [0.4, 0.5) is 0 Å². The van der Waals surface area contributed by atoms with Gasteiger partial charge < -0.3 is 19.7 Å². The molecule has 0 bridgehead atoms. The average molecular weight is 406 g/mol. The van der Waals surface area contributed by atoms with Gasteiger partial charge >= 0.3 is 11.9 Å². The summed E-state index contributed by atoms with van der Waals surface area (Å²) in [6.07, 6.45) is 1.15. The van der Waals surface area contributed by atoms with Crippen LogP contribution in [0.3, 0.4) is 0 Å². The van der Waals surface area contributed by atoms with Crippen LogP contribution in [0.25, 0.3) is 0 Å². The molecule has 9 heteroatoms. The quantitative estimate of drug-likeness (QED) is 0.706. The number of rotatable bonds is 6. The van der Waals surface area contributed by atoms with E-state index >= 15 is 0 Å². The highest BCUT2D eigenvalue weighted by atomic mass is 32.2. The monoisotopic (exact) mass is 406 g/mol. The Balaban J connectivity index is 1.45. The maximum absolute atomic E-state index is 12.3. The third kappa shape index (κ3) is 4.14. The van der Waals surface area contributed by atoms with Crippen molar-refractivity contribution in [1.82, 2.24) is 10.2 Å². The van der Waals surface area contributed by atoms with Gasteiger partial charge in [0, 0.05) is 18.7 Å². The van der Waals surface area contributed by atoms with Crippen LogP contribution in [-0.2, 0) is 30.4 Å². The molecule has 8 nitrogen and oxygen atoms in total. The van der Waals surface area contributed by atoms with Gasteiger partial charge in [-0.3, -0.25) is 9.59 Å². The Morgan fingerprint density at radius 3 is 2.68 bits per heavy atom. The topological polar surface area (TPSA) is 102 Å². The molecule has 3 rings (SSSR count). The maximum atomic E-state index is 12.3. The van der Waals surface area contributed by atoms with Gasteiger partial charge in [-0.15, -0.1) is 11.8 Å². The molecular weight excluding hydrogens is 384 g/mol. The number of fused-ring (bicyclic) bond motifs is 1. The van der Waals surface area contributed by atoms with Crippen molar-refractivity contribution in [3.8, 4) is 0 Å². The van der Waals surface area contributed by atoms with E-state index in [2.05, 4.69) is 10.1 Å². The zero-order valence-electron chi connectivity index (χ0n) is 15.7. The Morgan fingerprint density at radius 1 is 1.29 bits per heavy atom. The highest BCUT2D eigenvalue weighted by Gasteiger charge is 2.53. The van der Waals surface area contributed by atoms with Crippen LogP contribution < -0.4 is 5.32 Å². The fourth-order valence-electron chi connectivity index (χ4n) is 3.36. The first-order valence-electron chi connectivity index (χ1n) is 8.91. The molecule has 2 amide bonds. The minimum atomic E-state index is -0.635. The molecule has 0 aromatic heterocycles. The van der Waals surface area contributed by atoms with Crippen molar-refractivity contribution in [3.05, 3.63) is 35.4 Å². The van der Waals surface area contributed by atoms with E-state index < -0.39 is 30.5 Å². The van der Waals surface area contributed by atoms with Crippen LogP contribution in [0.2, 0.25) is 0 Å². The van der Waals surface area contributed by atoms with Crippen molar-refractivity contribution in [2.75, 3.05) is 19.5 Å².